The van der Waals surface area contributed by atoms with E-state index in [1.807, 2.05) is 0 Å². The largest absolute Gasteiger partial charge is 0.508 e. The molecule has 1 saturated heterocycles. The molecule has 0 bridgehead atoms. The van der Waals surface area contributed by atoms with Crippen molar-refractivity contribution in [1.82, 2.24) is 15.2 Å². The van der Waals surface area contributed by atoms with Crippen LogP contribution >= 0.6 is 0 Å². The molecule has 2 aromatic rings. The third-order valence-corrected chi connectivity index (χ3v) is 6.49. The van der Waals surface area contributed by atoms with Crippen LogP contribution in [0, 0.1) is 0 Å². The molecule has 3 N–H and O–H groups in total. The maximum absolute atomic E-state index is 12.8. The van der Waals surface area contributed by atoms with E-state index in [4.69, 9.17) is 0 Å². The highest BCUT2D eigenvalue weighted by atomic mass is 32.2. The molecule has 3 rings (SSSR count). The molecule has 0 spiro atoms. The molecule has 0 atom stereocenters. The number of rotatable bonds is 6. The smallest absolute Gasteiger partial charge is 0.269 e. The molecular weight excluding hydrogens is 378 g/mol. The lowest BCUT2D eigenvalue weighted by atomic mass is 10.2. The number of hydrazine groups is 1. The maximum atomic E-state index is 12.8. The molecule has 1 amide bonds. The summed E-state index contributed by atoms with van der Waals surface area (Å²) in [5.41, 5.74) is 6.57. The van der Waals surface area contributed by atoms with Crippen molar-refractivity contribution < 1.29 is 18.3 Å². The Labute approximate surface area is 164 Å². The summed E-state index contributed by atoms with van der Waals surface area (Å²) in [4.78, 5) is 12.5. The molecule has 8 heteroatoms. The number of nitrogens with one attached hydrogen (secondary N) is 2. The highest BCUT2D eigenvalue weighted by Crippen LogP contribution is 2.21. The molecule has 0 aliphatic carbocycles. The minimum absolute atomic E-state index is 0.111. The van der Waals surface area contributed by atoms with Gasteiger partial charge in [0.2, 0.25) is 10.0 Å². The van der Waals surface area contributed by atoms with Crippen LogP contribution in [0.25, 0.3) is 5.70 Å². The zero-order chi connectivity index (χ0) is 20.1. The number of piperidine rings is 1. The van der Waals surface area contributed by atoms with E-state index in [9.17, 15) is 18.3 Å². The lowest BCUT2D eigenvalue weighted by Gasteiger charge is -2.26. The van der Waals surface area contributed by atoms with Crippen LogP contribution < -0.4 is 10.9 Å². The topological polar surface area (TPSA) is 98.7 Å². The van der Waals surface area contributed by atoms with Crippen molar-refractivity contribution in [3.63, 3.8) is 0 Å². The van der Waals surface area contributed by atoms with Crippen LogP contribution in [0.3, 0.4) is 0 Å². The fourth-order valence-electron chi connectivity index (χ4n) is 2.99. The fourth-order valence-corrected chi connectivity index (χ4v) is 4.55. The number of amides is 1. The van der Waals surface area contributed by atoms with Crippen LogP contribution in [-0.2, 0) is 10.0 Å². The standard InChI is InChI=1S/C20H23N3O4S/c1-15(16-8-10-18(24)11-9-16)21-22-20(25)17-6-5-7-19(14-17)28(26,27)23-12-3-2-4-13-23/h5-11,14,21,24H,1-4,12-13H2,(H,22,25). The third-order valence-electron chi connectivity index (χ3n) is 4.59. The minimum atomic E-state index is -3.60. The predicted octanol–water partition coefficient (Wildman–Crippen LogP) is 2.47. The van der Waals surface area contributed by atoms with Gasteiger partial charge in [0.1, 0.15) is 5.75 Å². The lowest BCUT2D eigenvalue weighted by molar-refractivity contribution is 0.0942. The molecule has 148 valence electrons. The zero-order valence-electron chi connectivity index (χ0n) is 15.4. The molecular formula is C20H23N3O4S. The Balaban J connectivity index is 1.68. The summed E-state index contributed by atoms with van der Waals surface area (Å²) in [6.07, 6.45) is 2.73. The average molecular weight is 401 g/mol. The normalized spacial score (nSPS) is 15.0. The molecule has 1 aliphatic rings. The molecule has 0 aromatic heterocycles. The molecule has 0 radical (unpaired) electrons. The van der Waals surface area contributed by atoms with Crippen molar-refractivity contribution in [2.45, 2.75) is 24.2 Å². The number of sulfonamides is 1. The van der Waals surface area contributed by atoms with E-state index in [0.717, 1.165) is 19.3 Å². The van der Waals surface area contributed by atoms with Crippen molar-refractivity contribution in [2.24, 2.45) is 0 Å². The van der Waals surface area contributed by atoms with Crippen LogP contribution in [0.1, 0.15) is 35.2 Å². The SMILES string of the molecule is C=C(NNC(=O)c1cccc(S(=O)(=O)N2CCCCC2)c1)c1ccc(O)cc1. The van der Waals surface area contributed by atoms with Crippen LogP contribution in [0.2, 0.25) is 0 Å². The van der Waals surface area contributed by atoms with Gasteiger partial charge in [-0.15, -0.1) is 0 Å². The Morgan fingerprint density at radius 3 is 2.32 bits per heavy atom. The first-order valence-corrected chi connectivity index (χ1v) is 10.5. The van der Waals surface area contributed by atoms with E-state index in [1.54, 1.807) is 24.3 Å². The number of benzene rings is 2. The number of phenols is 1. The molecule has 0 unspecified atom stereocenters. The third kappa shape index (κ3) is 4.52. The Kier molecular flexibility index (Phi) is 6.01. The van der Waals surface area contributed by atoms with Gasteiger partial charge in [0, 0.05) is 18.7 Å². The molecule has 1 heterocycles. The highest BCUT2D eigenvalue weighted by Gasteiger charge is 2.26. The van der Waals surface area contributed by atoms with Gasteiger partial charge in [-0.2, -0.15) is 4.31 Å². The molecule has 0 saturated carbocycles. The monoisotopic (exact) mass is 401 g/mol. The second kappa shape index (κ2) is 8.45. The second-order valence-electron chi connectivity index (χ2n) is 6.60. The molecule has 1 fully saturated rings. The Morgan fingerprint density at radius 2 is 1.64 bits per heavy atom. The summed E-state index contributed by atoms with van der Waals surface area (Å²) in [5.74, 6) is -0.345. The van der Waals surface area contributed by atoms with Crippen molar-refractivity contribution in [3.05, 3.63) is 66.2 Å². The first kappa shape index (κ1) is 19.9. The Morgan fingerprint density at radius 1 is 0.964 bits per heavy atom. The first-order chi connectivity index (χ1) is 13.4. The average Bonchev–Trinajstić information content (AvgIpc) is 2.73. The zero-order valence-corrected chi connectivity index (χ0v) is 16.2. The highest BCUT2D eigenvalue weighted by molar-refractivity contribution is 7.89. The number of hydrogen-bond donors (Lipinski definition) is 3. The van der Waals surface area contributed by atoms with Gasteiger partial charge in [-0.25, -0.2) is 8.42 Å². The molecule has 2 aromatic carbocycles. The van der Waals surface area contributed by atoms with Crippen molar-refractivity contribution in [3.8, 4) is 5.75 Å². The number of carbonyl (C=O) groups excluding carboxylic acids is 1. The number of nitrogens with zero attached hydrogens (tertiary/aromatic N) is 1. The van der Waals surface area contributed by atoms with Gasteiger partial charge in [0.05, 0.1) is 10.6 Å². The summed E-state index contributed by atoms with van der Waals surface area (Å²) >= 11 is 0. The van der Waals surface area contributed by atoms with Crippen molar-refractivity contribution in [1.29, 1.82) is 0 Å². The van der Waals surface area contributed by atoms with E-state index in [0.29, 0.717) is 24.4 Å². The van der Waals surface area contributed by atoms with E-state index in [1.165, 1.54) is 28.6 Å². The summed E-state index contributed by atoms with van der Waals surface area (Å²) < 4.78 is 27.0. The summed E-state index contributed by atoms with van der Waals surface area (Å²) in [7, 11) is -3.60. The summed E-state index contributed by atoms with van der Waals surface area (Å²) in [5, 5.41) is 9.32. The van der Waals surface area contributed by atoms with Gasteiger partial charge in [0.15, 0.2) is 0 Å². The van der Waals surface area contributed by atoms with Crippen molar-refractivity contribution in [2.75, 3.05) is 13.1 Å². The number of aromatic hydroxyl groups is 1. The van der Waals surface area contributed by atoms with E-state index < -0.39 is 15.9 Å². The lowest BCUT2D eigenvalue weighted by Crippen LogP contribution is -2.37. The van der Waals surface area contributed by atoms with Gasteiger partial charge in [-0.3, -0.25) is 15.6 Å². The number of phenolic OH excluding ortho intramolecular Hbond substituents is 1. The molecule has 7 nitrogen and oxygen atoms in total. The maximum Gasteiger partial charge on any atom is 0.269 e. The van der Waals surface area contributed by atoms with E-state index >= 15 is 0 Å². The molecule has 1 aliphatic heterocycles. The van der Waals surface area contributed by atoms with E-state index in [2.05, 4.69) is 17.4 Å². The van der Waals surface area contributed by atoms with Gasteiger partial charge in [0.25, 0.3) is 5.91 Å². The van der Waals surface area contributed by atoms with Gasteiger partial charge < -0.3 is 5.11 Å². The summed E-state index contributed by atoms with van der Waals surface area (Å²) in [6, 6.07) is 12.3. The molecule has 28 heavy (non-hydrogen) atoms. The van der Waals surface area contributed by atoms with Crippen LogP contribution in [0.4, 0.5) is 0 Å². The first-order valence-electron chi connectivity index (χ1n) is 9.03. The predicted molar refractivity (Wildman–Crippen MR) is 107 cm³/mol. The Hall–Kier alpha value is -2.84. The minimum Gasteiger partial charge on any atom is -0.508 e. The number of carbonyl (C=O) groups is 1. The second-order valence-corrected chi connectivity index (χ2v) is 8.54. The Bertz CT molecular complexity index is 965. The van der Waals surface area contributed by atoms with Gasteiger partial charge >= 0.3 is 0 Å². The van der Waals surface area contributed by atoms with Crippen LogP contribution in [-0.4, -0.2) is 36.8 Å². The number of hydrogen-bond acceptors (Lipinski definition) is 5. The quantitative estimate of drug-likeness (QED) is 0.646. The van der Waals surface area contributed by atoms with E-state index in [-0.39, 0.29) is 16.2 Å². The summed E-state index contributed by atoms with van der Waals surface area (Å²) in [6.45, 7) is 4.84. The van der Waals surface area contributed by atoms with Crippen LogP contribution in [0.15, 0.2) is 60.0 Å². The van der Waals surface area contributed by atoms with Crippen LogP contribution in [0.5, 0.6) is 5.75 Å². The fraction of sp³-hybridized carbons (Fsp3) is 0.250. The van der Waals surface area contributed by atoms with Gasteiger partial charge in [-0.1, -0.05) is 19.1 Å². The van der Waals surface area contributed by atoms with Crippen molar-refractivity contribution >= 4 is 21.6 Å². The van der Waals surface area contributed by atoms with Gasteiger partial charge in [-0.05, 0) is 60.9 Å².